The molecule has 0 aromatic carbocycles. The standard InChI is InChI=1S/C21H28N4O3/c1-21(2,3)28-20(27)25-10-4-5-14(12-25)24-16-8-9-22-19-17(16)15(11-23-19)18(26)13-6-7-13/h8-9,11,13-14H,4-7,10,12H2,1-3H3,(H2,22,23,24)/t14-/m1/s1. The van der Waals surface area contributed by atoms with E-state index in [2.05, 4.69) is 15.3 Å². The molecule has 1 saturated carbocycles. The number of piperidine rings is 1. The number of carbonyl (C=O) groups is 2. The van der Waals surface area contributed by atoms with Gasteiger partial charge in [0.15, 0.2) is 5.78 Å². The summed E-state index contributed by atoms with van der Waals surface area (Å²) in [6, 6.07) is 2.01. The number of hydrogen-bond donors (Lipinski definition) is 2. The Hall–Kier alpha value is -2.57. The molecule has 1 aliphatic carbocycles. The molecule has 7 heteroatoms. The molecule has 4 rings (SSSR count). The highest BCUT2D eigenvalue weighted by molar-refractivity contribution is 6.12. The van der Waals surface area contributed by atoms with Gasteiger partial charge in [0.25, 0.3) is 0 Å². The first-order chi connectivity index (χ1) is 13.3. The predicted molar refractivity (Wildman–Crippen MR) is 108 cm³/mol. The molecule has 3 heterocycles. The van der Waals surface area contributed by atoms with Crippen molar-refractivity contribution in [3.63, 3.8) is 0 Å². The number of likely N-dealkylation sites (tertiary alicyclic amines) is 1. The first-order valence-electron chi connectivity index (χ1n) is 10.1. The summed E-state index contributed by atoms with van der Waals surface area (Å²) in [5.41, 5.74) is 1.82. The minimum Gasteiger partial charge on any atom is -0.444 e. The number of rotatable bonds is 4. The molecule has 1 atom stereocenters. The first kappa shape index (κ1) is 18.8. The van der Waals surface area contributed by atoms with Gasteiger partial charge in [0.1, 0.15) is 11.2 Å². The Bertz CT molecular complexity index is 895. The summed E-state index contributed by atoms with van der Waals surface area (Å²) in [5.74, 6) is 0.353. The molecular formula is C21H28N4O3. The van der Waals surface area contributed by atoms with E-state index >= 15 is 0 Å². The number of H-pyrrole nitrogens is 1. The summed E-state index contributed by atoms with van der Waals surface area (Å²) in [5, 5.41) is 4.41. The van der Waals surface area contributed by atoms with Crippen molar-refractivity contribution in [3.8, 4) is 0 Å². The van der Waals surface area contributed by atoms with E-state index in [1.165, 1.54) is 0 Å². The Morgan fingerprint density at radius 2 is 2.07 bits per heavy atom. The molecule has 1 aliphatic heterocycles. The van der Waals surface area contributed by atoms with Gasteiger partial charge in [-0.15, -0.1) is 0 Å². The van der Waals surface area contributed by atoms with Crippen LogP contribution in [0.15, 0.2) is 18.5 Å². The van der Waals surface area contributed by atoms with E-state index in [0.29, 0.717) is 24.3 Å². The minimum absolute atomic E-state index is 0.102. The summed E-state index contributed by atoms with van der Waals surface area (Å²) >= 11 is 0. The molecule has 2 aromatic heterocycles. The molecule has 2 aliphatic rings. The molecule has 150 valence electrons. The van der Waals surface area contributed by atoms with Gasteiger partial charge in [-0.05, 0) is 52.5 Å². The van der Waals surface area contributed by atoms with E-state index in [9.17, 15) is 9.59 Å². The van der Waals surface area contributed by atoms with Crippen molar-refractivity contribution < 1.29 is 14.3 Å². The number of fused-ring (bicyclic) bond motifs is 1. The second kappa shape index (κ2) is 7.11. The normalized spacial score (nSPS) is 20.2. The van der Waals surface area contributed by atoms with Crippen LogP contribution in [0.1, 0.15) is 56.8 Å². The third kappa shape index (κ3) is 3.98. The molecule has 1 saturated heterocycles. The molecular weight excluding hydrogens is 356 g/mol. The van der Waals surface area contributed by atoms with Crippen LogP contribution in [0.5, 0.6) is 0 Å². The number of ether oxygens (including phenoxy) is 1. The van der Waals surface area contributed by atoms with Gasteiger partial charge in [0, 0.05) is 48.7 Å². The molecule has 0 radical (unpaired) electrons. The van der Waals surface area contributed by atoms with Crippen LogP contribution >= 0.6 is 0 Å². The number of pyridine rings is 1. The lowest BCUT2D eigenvalue weighted by Crippen LogP contribution is -2.47. The van der Waals surface area contributed by atoms with Gasteiger partial charge in [-0.1, -0.05) is 0 Å². The average Bonchev–Trinajstić information content (AvgIpc) is 3.39. The molecule has 2 fully saturated rings. The van der Waals surface area contributed by atoms with E-state index in [0.717, 1.165) is 36.8 Å². The Morgan fingerprint density at radius 1 is 1.29 bits per heavy atom. The molecule has 2 N–H and O–H groups in total. The van der Waals surface area contributed by atoms with Gasteiger partial charge in [-0.3, -0.25) is 4.79 Å². The van der Waals surface area contributed by atoms with E-state index in [-0.39, 0.29) is 23.8 Å². The molecule has 0 bridgehead atoms. The first-order valence-corrected chi connectivity index (χ1v) is 10.1. The Morgan fingerprint density at radius 3 is 2.79 bits per heavy atom. The average molecular weight is 384 g/mol. The van der Waals surface area contributed by atoms with Crippen molar-refractivity contribution >= 4 is 28.6 Å². The lowest BCUT2D eigenvalue weighted by molar-refractivity contribution is 0.0206. The summed E-state index contributed by atoms with van der Waals surface area (Å²) in [4.78, 5) is 34.3. The fraction of sp³-hybridized carbons (Fsp3) is 0.571. The summed E-state index contributed by atoms with van der Waals surface area (Å²) in [7, 11) is 0. The maximum atomic E-state index is 12.7. The van der Waals surface area contributed by atoms with Crippen molar-refractivity contribution in [3.05, 3.63) is 24.0 Å². The number of ketones is 1. The highest BCUT2D eigenvalue weighted by Gasteiger charge is 2.33. The highest BCUT2D eigenvalue weighted by atomic mass is 16.6. The molecule has 0 unspecified atom stereocenters. The number of carbonyl (C=O) groups excluding carboxylic acids is 2. The van der Waals surface area contributed by atoms with Gasteiger partial charge in [0.05, 0.1) is 5.39 Å². The van der Waals surface area contributed by atoms with Gasteiger partial charge in [-0.2, -0.15) is 0 Å². The van der Waals surface area contributed by atoms with Crippen molar-refractivity contribution in [1.82, 2.24) is 14.9 Å². The smallest absolute Gasteiger partial charge is 0.410 e. The monoisotopic (exact) mass is 384 g/mol. The van der Waals surface area contributed by atoms with E-state index in [1.807, 2.05) is 26.8 Å². The lowest BCUT2D eigenvalue weighted by atomic mass is 10.0. The third-order valence-electron chi connectivity index (χ3n) is 5.22. The van der Waals surface area contributed by atoms with Crippen LogP contribution < -0.4 is 5.32 Å². The molecule has 1 amide bonds. The highest BCUT2D eigenvalue weighted by Crippen LogP contribution is 2.36. The quantitative estimate of drug-likeness (QED) is 0.779. The second-order valence-corrected chi connectivity index (χ2v) is 8.83. The number of Topliss-reactive ketones (excluding diaryl/α,β-unsaturated/α-hetero) is 1. The number of hydrogen-bond acceptors (Lipinski definition) is 5. The topological polar surface area (TPSA) is 87.3 Å². The summed E-state index contributed by atoms with van der Waals surface area (Å²) < 4.78 is 5.52. The van der Waals surface area contributed by atoms with Crippen molar-refractivity contribution in [1.29, 1.82) is 0 Å². The zero-order chi connectivity index (χ0) is 19.9. The number of amides is 1. The fourth-order valence-corrected chi connectivity index (χ4v) is 3.74. The van der Waals surface area contributed by atoms with E-state index in [4.69, 9.17) is 4.74 Å². The molecule has 28 heavy (non-hydrogen) atoms. The zero-order valence-corrected chi connectivity index (χ0v) is 16.7. The van der Waals surface area contributed by atoms with Gasteiger partial charge in [0.2, 0.25) is 0 Å². The number of nitrogens with one attached hydrogen (secondary N) is 2. The summed E-state index contributed by atoms with van der Waals surface area (Å²) in [6.45, 7) is 6.91. The van der Waals surface area contributed by atoms with Gasteiger partial charge < -0.3 is 19.9 Å². The third-order valence-corrected chi connectivity index (χ3v) is 5.22. The maximum Gasteiger partial charge on any atom is 0.410 e. The van der Waals surface area contributed by atoms with Gasteiger partial charge in [-0.25, -0.2) is 9.78 Å². The number of nitrogens with zero attached hydrogens (tertiary/aromatic N) is 2. The minimum atomic E-state index is -0.502. The Kier molecular flexibility index (Phi) is 4.77. The SMILES string of the molecule is CC(C)(C)OC(=O)N1CCC[C@@H](Nc2ccnc3[nH]cc(C(=O)C4CC4)c23)C1. The summed E-state index contributed by atoms with van der Waals surface area (Å²) in [6.07, 6.45) is 7.05. The lowest BCUT2D eigenvalue weighted by Gasteiger charge is -2.35. The zero-order valence-electron chi connectivity index (χ0n) is 16.7. The number of aromatic nitrogens is 2. The molecule has 0 spiro atoms. The Labute approximate surface area is 164 Å². The van der Waals surface area contributed by atoms with E-state index < -0.39 is 5.60 Å². The largest absolute Gasteiger partial charge is 0.444 e. The van der Waals surface area contributed by atoms with E-state index in [1.54, 1.807) is 17.3 Å². The molecule has 7 nitrogen and oxygen atoms in total. The van der Waals surface area contributed by atoms with Gasteiger partial charge >= 0.3 is 6.09 Å². The van der Waals surface area contributed by atoms with Crippen LogP contribution in [0.25, 0.3) is 11.0 Å². The second-order valence-electron chi connectivity index (χ2n) is 8.83. The van der Waals surface area contributed by atoms with Crippen LogP contribution in [0.4, 0.5) is 10.5 Å². The maximum absolute atomic E-state index is 12.7. The van der Waals surface area contributed by atoms with Crippen molar-refractivity contribution in [2.75, 3.05) is 18.4 Å². The van der Waals surface area contributed by atoms with Crippen LogP contribution in [-0.4, -0.2) is 51.5 Å². The van der Waals surface area contributed by atoms with Crippen LogP contribution in [0.2, 0.25) is 0 Å². The van der Waals surface area contributed by atoms with Crippen LogP contribution in [-0.2, 0) is 4.74 Å². The number of aromatic amines is 1. The van der Waals surface area contributed by atoms with Crippen LogP contribution in [0.3, 0.4) is 0 Å². The number of anilines is 1. The Balaban J connectivity index is 1.52. The van der Waals surface area contributed by atoms with Crippen molar-refractivity contribution in [2.24, 2.45) is 5.92 Å². The molecule has 2 aromatic rings. The predicted octanol–water partition coefficient (Wildman–Crippen LogP) is 3.97. The van der Waals surface area contributed by atoms with Crippen molar-refractivity contribution in [2.45, 2.75) is 58.1 Å². The van der Waals surface area contributed by atoms with Crippen LogP contribution in [0, 0.1) is 5.92 Å². The fourth-order valence-electron chi connectivity index (χ4n) is 3.74.